The summed E-state index contributed by atoms with van der Waals surface area (Å²) in [7, 11) is 0. The van der Waals surface area contributed by atoms with E-state index < -0.39 is 6.04 Å². The topological polar surface area (TPSA) is 52.3 Å². The van der Waals surface area contributed by atoms with Crippen LogP contribution >= 0.6 is 15.9 Å². The normalized spacial score (nSPS) is 14.1. The van der Waals surface area contributed by atoms with E-state index in [0.29, 0.717) is 0 Å². The molecule has 0 aliphatic carbocycles. The van der Waals surface area contributed by atoms with E-state index in [0.717, 1.165) is 16.5 Å². The molecule has 2 N–H and O–H groups in total. The molecule has 17 heavy (non-hydrogen) atoms. The van der Waals surface area contributed by atoms with Crippen LogP contribution < -0.4 is 5.73 Å². The highest BCUT2D eigenvalue weighted by Gasteiger charge is 2.20. The van der Waals surface area contributed by atoms with E-state index in [1.807, 2.05) is 38.1 Å². The van der Waals surface area contributed by atoms with Gasteiger partial charge in [-0.25, -0.2) is 0 Å². The van der Waals surface area contributed by atoms with Crippen molar-refractivity contribution in [2.24, 2.45) is 11.7 Å². The first-order chi connectivity index (χ1) is 8.06. The van der Waals surface area contributed by atoms with Crippen LogP contribution in [0.2, 0.25) is 0 Å². The lowest BCUT2D eigenvalue weighted by molar-refractivity contribution is -0.147. The van der Waals surface area contributed by atoms with Gasteiger partial charge in [0.25, 0.3) is 0 Å². The fourth-order valence-electron chi connectivity index (χ4n) is 1.35. The number of hydrogen-bond donors (Lipinski definition) is 1. The van der Waals surface area contributed by atoms with Gasteiger partial charge in [-0.2, -0.15) is 0 Å². The Morgan fingerprint density at radius 1 is 1.47 bits per heavy atom. The summed E-state index contributed by atoms with van der Waals surface area (Å²) in [6.07, 6.45) is 0.866. The molecule has 0 aliphatic rings. The van der Waals surface area contributed by atoms with Crippen LogP contribution in [0, 0.1) is 5.92 Å². The number of carbonyl (C=O) groups is 1. The fourth-order valence-corrected chi connectivity index (χ4v) is 1.75. The molecule has 2 atom stereocenters. The Kier molecular flexibility index (Phi) is 5.65. The first-order valence-corrected chi connectivity index (χ1v) is 6.51. The summed E-state index contributed by atoms with van der Waals surface area (Å²) in [5.74, 6) is -0.197. The number of carbonyl (C=O) groups excluding carboxylic acids is 1. The minimum atomic E-state index is -0.539. The predicted molar refractivity (Wildman–Crippen MR) is 71.4 cm³/mol. The lowest BCUT2D eigenvalue weighted by Crippen LogP contribution is -2.37. The largest absolute Gasteiger partial charge is 0.460 e. The van der Waals surface area contributed by atoms with E-state index >= 15 is 0 Å². The van der Waals surface area contributed by atoms with Gasteiger partial charge >= 0.3 is 5.97 Å². The van der Waals surface area contributed by atoms with Gasteiger partial charge in [0.15, 0.2) is 0 Å². The highest BCUT2D eigenvalue weighted by molar-refractivity contribution is 9.10. The summed E-state index contributed by atoms with van der Waals surface area (Å²) in [6, 6.07) is 7.11. The van der Waals surface area contributed by atoms with Gasteiger partial charge in [-0.3, -0.25) is 4.79 Å². The third kappa shape index (κ3) is 4.13. The smallest absolute Gasteiger partial charge is 0.323 e. The van der Waals surface area contributed by atoms with Crippen molar-refractivity contribution < 1.29 is 9.53 Å². The molecule has 0 fully saturated rings. The number of halogens is 1. The zero-order valence-electron chi connectivity index (χ0n) is 10.2. The van der Waals surface area contributed by atoms with Crippen LogP contribution in [-0.4, -0.2) is 12.0 Å². The van der Waals surface area contributed by atoms with Gasteiger partial charge in [0.1, 0.15) is 12.6 Å². The first-order valence-electron chi connectivity index (χ1n) is 5.71. The van der Waals surface area contributed by atoms with Crippen LogP contribution in [0.25, 0.3) is 0 Å². The zero-order chi connectivity index (χ0) is 12.8. The molecule has 0 aromatic heterocycles. The quantitative estimate of drug-likeness (QED) is 0.851. The van der Waals surface area contributed by atoms with Crippen LogP contribution in [0.1, 0.15) is 25.8 Å². The third-order valence-electron chi connectivity index (χ3n) is 2.86. The van der Waals surface area contributed by atoms with E-state index in [1.54, 1.807) is 0 Å². The Balaban J connectivity index is 2.51. The van der Waals surface area contributed by atoms with Crippen molar-refractivity contribution in [2.75, 3.05) is 0 Å². The molecule has 2 unspecified atom stereocenters. The van der Waals surface area contributed by atoms with Crippen molar-refractivity contribution >= 4 is 21.9 Å². The fraction of sp³-hybridized carbons (Fsp3) is 0.462. The van der Waals surface area contributed by atoms with E-state index in [2.05, 4.69) is 15.9 Å². The molecule has 1 aromatic rings. The summed E-state index contributed by atoms with van der Waals surface area (Å²) < 4.78 is 6.13. The van der Waals surface area contributed by atoms with Gasteiger partial charge in [0.2, 0.25) is 0 Å². The van der Waals surface area contributed by atoms with Crippen molar-refractivity contribution in [3.8, 4) is 0 Å². The molecule has 0 spiro atoms. The molecule has 0 aliphatic heterocycles. The van der Waals surface area contributed by atoms with Crippen LogP contribution in [0.4, 0.5) is 0 Å². The Morgan fingerprint density at radius 2 is 2.12 bits per heavy atom. The molecule has 3 nitrogen and oxygen atoms in total. The van der Waals surface area contributed by atoms with Gasteiger partial charge < -0.3 is 10.5 Å². The maximum Gasteiger partial charge on any atom is 0.323 e. The van der Waals surface area contributed by atoms with Crippen LogP contribution in [0.15, 0.2) is 28.7 Å². The van der Waals surface area contributed by atoms with Crippen molar-refractivity contribution in [1.82, 2.24) is 0 Å². The molecule has 4 heteroatoms. The Hall–Kier alpha value is -0.870. The summed E-state index contributed by atoms with van der Waals surface area (Å²) >= 11 is 3.40. The standard InChI is InChI=1S/C13H18BrNO2/c1-3-9(2)12(15)13(16)17-8-10-6-4-5-7-11(10)14/h4-7,9,12H,3,8,15H2,1-2H3. The molecular formula is C13H18BrNO2. The molecule has 0 saturated heterocycles. The number of rotatable bonds is 5. The van der Waals surface area contributed by atoms with E-state index in [4.69, 9.17) is 10.5 Å². The van der Waals surface area contributed by atoms with Gasteiger partial charge in [-0.15, -0.1) is 0 Å². The van der Waals surface area contributed by atoms with Gasteiger partial charge in [-0.05, 0) is 12.0 Å². The minimum Gasteiger partial charge on any atom is -0.460 e. The predicted octanol–water partition coefficient (Wildman–Crippen LogP) is 2.87. The molecule has 0 heterocycles. The van der Waals surface area contributed by atoms with Crippen LogP contribution in [0.5, 0.6) is 0 Å². The van der Waals surface area contributed by atoms with E-state index in [-0.39, 0.29) is 18.5 Å². The molecule has 94 valence electrons. The Bertz CT molecular complexity index is 381. The molecule has 0 amide bonds. The molecule has 0 bridgehead atoms. The number of ether oxygens (including phenoxy) is 1. The van der Waals surface area contributed by atoms with Gasteiger partial charge in [0.05, 0.1) is 0 Å². The Morgan fingerprint density at radius 3 is 2.71 bits per heavy atom. The number of nitrogens with two attached hydrogens (primary N) is 1. The second-order valence-corrected chi connectivity index (χ2v) is 4.96. The average Bonchev–Trinajstić information content (AvgIpc) is 2.35. The van der Waals surface area contributed by atoms with Crippen molar-refractivity contribution in [2.45, 2.75) is 32.9 Å². The number of benzene rings is 1. The highest BCUT2D eigenvalue weighted by atomic mass is 79.9. The SMILES string of the molecule is CCC(C)C(N)C(=O)OCc1ccccc1Br. The zero-order valence-corrected chi connectivity index (χ0v) is 11.7. The second-order valence-electron chi connectivity index (χ2n) is 4.11. The second kappa shape index (κ2) is 6.77. The molecule has 0 saturated carbocycles. The van der Waals surface area contributed by atoms with Gasteiger partial charge in [-0.1, -0.05) is 54.4 Å². The number of hydrogen-bond acceptors (Lipinski definition) is 3. The van der Waals surface area contributed by atoms with Crippen molar-refractivity contribution in [3.05, 3.63) is 34.3 Å². The minimum absolute atomic E-state index is 0.140. The number of esters is 1. The molecule has 1 rings (SSSR count). The summed E-state index contributed by atoms with van der Waals surface area (Å²) in [4.78, 5) is 11.7. The van der Waals surface area contributed by atoms with E-state index in [9.17, 15) is 4.79 Å². The van der Waals surface area contributed by atoms with Crippen molar-refractivity contribution in [3.63, 3.8) is 0 Å². The molecule has 1 aromatic carbocycles. The summed E-state index contributed by atoms with van der Waals surface area (Å²) in [5.41, 5.74) is 6.73. The average molecular weight is 300 g/mol. The van der Waals surface area contributed by atoms with Gasteiger partial charge in [0, 0.05) is 10.0 Å². The lowest BCUT2D eigenvalue weighted by atomic mass is 10.0. The lowest BCUT2D eigenvalue weighted by Gasteiger charge is -2.17. The van der Waals surface area contributed by atoms with Crippen LogP contribution in [-0.2, 0) is 16.1 Å². The summed E-state index contributed by atoms with van der Waals surface area (Å²) in [6.45, 7) is 4.21. The Labute approximate surface area is 110 Å². The maximum atomic E-state index is 11.7. The maximum absolute atomic E-state index is 11.7. The third-order valence-corrected chi connectivity index (χ3v) is 3.63. The van der Waals surface area contributed by atoms with Crippen LogP contribution in [0.3, 0.4) is 0 Å². The van der Waals surface area contributed by atoms with Crippen molar-refractivity contribution in [1.29, 1.82) is 0 Å². The molecule has 0 radical (unpaired) electrons. The monoisotopic (exact) mass is 299 g/mol. The molecular weight excluding hydrogens is 282 g/mol. The van der Waals surface area contributed by atoms with E-state index in [1.165, 1.54) is 0 Å². The summed E-state index contributed by atoms with van der Waals surface area (Å²) in [5, 5.41) is 0. The first kappa shape index (κ1) is 14.2. The highest BCUT2D eigenvalue weighted by Crippen LogP contribution is 2.17.